The normalized spacial score (nSPS) is 20.6. The van der Waals surface area contributed by atoms with Crippen molar-refractivity contribution >= 4 is 16.0 Å². The topological polar surface area (TPSA) is 87.7 Å². The molecule has 8 heteroatoms. The molecule has 0 radical (unpaired) electrons. The van der Waals surface area contributed by atoms with E-state index in [-0.39, 0.29) is 18.3 Å². The van der Waals surface area contributed by atoms with Crippen LogP contribution >= 0.6 is 0 Å². The van der Waals surface area contributed by atoms with Crippen LogP contribution in [0, 0.1) is 0 Å². The van der Waals surface area contributed by atoms with Crippen molar-refractivity contribution in [2.45, 2.75) is 44.9 Å². The summed E-state index contributed by atoms with van der Waals surface area (Å²) in [6, 6.07) is 17.6. The van der Waals surface area contributed by atoms with Crippen LogP contribution in [0.25, 0.3) is 0 Å². The Morgan fingerprint density at radius 3 is 2.31 bits per heavy atom. The molecule has 1 aliphatic rings. The van der Waals surface area contributed by atoms with E-state index in [9.17, 15) is 13.2 Å². The molecule has 3 rings (SSSR count). The van der Waals surface area contributed by atoms with Crippen LogP contribution in [0.4, 0.5) is 0 Å². The summed E-state index contributed by atoms with van der Waals surface area (Å²) < 4.78 is 32.9. The highest BCUT2D eigenvalue weighted by molar-refractivity contribution is 7.89. The quantitative estimate of drug-likeness (QED) is 0.561. The Morgan fingerprint density at radius 2 is 1.72 bits per heavy atom. The lowest BCUT2D eigenvalue weighted by atomic mass is 10.00. The van der Waals surface area contributed by atoms with Gasteiger partial charge in [-0.15, -0.1) is 0 Å². The van der Waals surface area contributed by atoms with Crippen molar-refractivity contribution in [2.75, 3.05) is 26.0 Å². The fourth-order valence-electron chi connectivity index (χ4n) is 4.27. The van der Waals surface area contributed by atoms with Gasteiger partial charge >= 0.3 is 5.97 Å². The lowest BCUT2D eigenvalue weighted by Gasteiger charge is -2.41. The molecule has 0 spiro atoms. The van der Waals surface area contributed by atoms with Crippen LogP contribution in [0.15, 0.2) is 54.6 Å². The van der Waals surface area contributed by atoms with Gasteiger partial charge in [0.05, 0.1) is 18.4 Å². The summed E-state index contributed by atoms with van der Waals surface area (Å²) in [6.07, 6.45) is 0.514. The number of esters is 1. The molecule has 32 heavy (non-hydrogen) atoms. The Morgan fingerprint density at radius 1 is 1.09 bits per heavy atom. The molecule has 1 saturated heterocycles. The predicted octanol–water partition coefficient (Wildman–Crippen LogP) is 2.71. The Balaban J connectivity index is 1.63. The summed E-state index contributed by atoms with van der Waals surface area (Å²) in [6.45, 7) is 6.26. The number of hydrogen-bond acceptors (Lipinski definition) is 6. The molecule has 7 nitrogen and oxygen atoms in total. The first-order valence-electron chi connectivity index (χ1n) is 11.0. The second kappa shape index (κ2) is 11.0. The molecule has 0 aliphatic carbocycles. The van der Waals surface area contributed by atoms with Crippen molar-refractivity contribution < 1.29 is 17.9 Å². The van der Waals surface area contributed by atoms with E-state index in [0.717, 1.165) is 24.2 Å². The van der Waals surface area contributed by atoms with Crippen molar-refractivity contribution in [3.8, 4) is 0 Å². The van der Waals surface area contributed by atoms with Gasteiger partial charge in [-0.05, 0) is 43.5 Å². The third-order valence-corrected chi connectivity index (χ3v) is 7.10. The highest BCUT2D eigenvalue weighted by atomic mass is 32.2. The average molecular weight is 460 g/mol. The number of carbonyl (C=O) groups excluding carboxylic acids is 1. The Bertz CT molecular complexity index is 970. The second-order valence-electron chi connectivity index (χ2n) is 8.47. The zero-order valence-corrected chi connectivity index (χ0v) is 19.8. The number of benzene rings is 2. The number of sulfonamides is 1. The number of nitrogens with zero attached hydrogens (tertiary/aromatic N) is 1. The first-order valence-corrected chi connectivity index (χ1v) is 12.6. The highest BCUT2D eigenvalue weighted by Gasteiger charge is 2.29. The van der Waals surface area contributed by atoms with Gasteiger partial charge in [0.15, 0.2) is 0 Å². The Labute approximate surface area is 191 Å². The van der Waals surface area contributed by atoms with Gasteiger partial charge in [0.2, 0.25) is 10.0 Å². The number of carbonyl (C=O) groups is 1. The molecule has 0 amide bonds. The minimum Gasteiger partial charge on any atom is -0.465 e. The second-order valence-corrected chi connectivity index (χ2v) is 10.4. The van der Waals surface area contributed by atoms with Gasteiger partial charge in [-0.2, -0.15) is 0 Å². The lowest BCUT2D eigenvalue weighted by molar-refractivity contribution is 0.0600. The largest absolute Gasteiger partial charge is 0.465 e. The zero-order valence-electron chi connectivity index (χ0n) is 19.0. The number of methoxy groups -OCH3 is 1. The molecule has 3 atom stereocenters. The molecule has 2 aromatic carbocycles. The van der Waals surface area contributed by atoms with Crippen molar-refractivity contribution in [3.05, 3.63) is 71.3 Å². The van der Waals surface area contributed by atoms with Crippen LogP contribution in [0.5, 0.6) is 0 Å². The molecule has 1 aliphatic heterocycles. The first kappa shape index (κ1) is 24.4. The molecule has 0 saturated carbocycles. The van der Waals surface area contributed by atoms with Crippen LogP contribution in [0.3, 0.4) is 0 Å². The Kier molecular flexibility index (Phi) is 8.42. The summed E-state index contributed by atoms with van der Waals surface area (Å²) in [5, 5.41) is 3.54. The molecular formula is C24H33N3O4S. The average Bonchev–Trinajstić information content (AvgIpc) is 2.78. The smallest absolute Gasteiger partial charge is 0.337 e. The van der Waals surface area contributed by atoms with Crippen LogP contribution in [0.2, 0.25) is 0 Å². The maximum atomic E-state index is 12.8. The van der Waals surface area contributed by atoms with E-state index in [0.29, 0.717) is 24.1 Å². The van der Waals surface area contributed by atoms with Crippen molar-refractivity contribution in [2.24, 2.45) is 0 Å². The molecule has 1 unspecified atom stereocenters. The number of ether oxygens (including phenoxy) is 1. The molecule has 1 fully saturated rings. The summed E-state index contributed by atoms with van der Waals surface area (Å²) in [7, 11) is -2.14. The van der Waals surface area contributed by atoms with Gasteiger partial charge in [0.25, 0.3) is 0 Å². The van der Waals surface area contributed by atoms with Gasteiger partial charge in [0, 0.05) is 37.8 Å². The molecule has 2 N–H and O–H groups in total. The van der Waals surface area contributed by atoms with E-state index in [1.807, 2.05) is 18.2 Å². The number of hydrogen-bond donors (Lipinski definition) is 2. The zero-order chi connectivity index (χ0) is 23.1. The maximum absolute atomic E-state index is 12.8. The SMILES string of the molecule is COC(=O)c1ccc(CNS(=O)(=O)CCC(c2ccccc2)N2C[C@@H](C)N[C@@H](C)C2)cc1. The lowest BCUT2D eigenvalue weighted by Crippen LogP contribution is -2.55. The fraction of sp³-hybridized carbons (Fsp3) is 0.458. The summed E-state index contributed by atoms with van der Waals surface area (Å²) in [4.78, 5) is 13.9. The highest BCUT2D eigenvalue weighted by Crippen LogP contribution is 2.27. The maximum Gasteiger partial charge on any atom is 0.337 e. The Hall–Kier alpha value is -2.26. The van der Waals surface area contributed by atoms with Gasteiger partial charge in [-0.3, -0.25) is 4.90 Å². The van der Waals surface area contributed by atoms with E-state index >= 15 is 0 Å². The van der Waals surface area contributed by atoms with Crippen molar-refractivity contribution in [1.82, 2.24) is 14.9 Å². The van der Waals surface area contributed by atoms with Gasteiger partial charge in [0.1, 0.15) is 0 Å². The first-order chi connectivity index (χ1) is 15.3. The number of nitrogens with one attached hydrogen (secondary N) is 2. The third-order valence-electron chi connectivity index (χ3n) is 5.74. The molecular weight excluding hydrogens is 426 g/mol. The predicted molar refractivity (Wildman–Crippen MR) is 126 cm³/mol. The van der Waals surface area contributed by atoms with E-state index in [2.05, 4.69) is 45.7 Å². The summed E-state index contributed by atoms with van der Waals surface area (Å²) in [5.74, 6) is -0.375. The van der Waals surface area contributed by atoms with Crippen molar-refractivity contribution in [1.29, 1.82) is 0 Å². The summed E-state index contributed by atoms with van der Waals surface area (Å²) >= 11 is 0. The van der Waals surface area contributed by atoms with E-state index < -0.39 is 16.0 Å². The van der Waals surface area contributed by atoms with Crippen LogP contribution < -0.4 is 10.0 Å². The van der Waals surface area contributed by atoms with Crippen LogP contribution in [0.1, 0.15) is 47.8 Å². The van der Waals surface area contributed by atoms with Crippen LogP contribution in [-0.2, 0) is 21.3 Å². The van der Waals surface area contributed by atoms with Gasteiger partial charge < -0.3 is 10.1 Å². The molecule has 0 bridgehead atoms. The minimum absolute atomic E-state index is 0.0408. The standard InChI is InChI=1S/C24H33N3O4S/c1-18-16-27(17-19(2)26-18)23(21-7-5-4-6-8-21)13-14-32(29,30)25-15-20-9-11-22(12-10-20)24(28)31-3/h4-12,18-19,23,25-26H,13-17H2,1-3H3/t18-,19+,23?. The van der Waals surface area contributed by atoms with E-state index in [4.69, 9.17) is 0 Å². The number of piperazine rings is 1. The van der Waals surface area contributed by atoms with Gasteiger partial charge in [-0.25, -0.2) is 17.9 Å². The van der Waals surface area contributed by atoms with E-state index in [1.54, 1.807) is 24.3 Å². The summed E-state index contributed by atoms with van der Waals surface area (Å²) in [5.41, 5.74) is 2.36. The van der Waals surface area contributed by atoms with E-state index in [1.165, 1.54) is 7.11 Å². The van der Waals surface area contributed by atoms with Crippen LogP contribution in [-0.4, -0.2) is 57.3 Å². The molecule has 1 heterocycles. The molecule has 174 valence electrons. The molecule has 2 aromatic rings. The minimum atomic E-state index is -3.46. The van der Waals surface area contributed by atoms with Gasteiger partial charge in [-0.1, -0.05) is 42.5 Å². The fourth-order valence-corrected chi connectivity index (χ4v) is 5.33. The number of rotatable bonds is 9. The monoisotopic (exact) mass is 459 g/mol. The third kappa shape index (κ3) is 6.87. The van der Waals surface area contributed by atoms with Crippen molar-refractivity contribution in [3.63, 3.8) is 0 Å². The molecule has 0 aromatic heterocycles.